The Morgan fingerprint density at radius 1 is 1.29 bits per heavy atom. The van der Waals surface area contributed by atoms with E-state index in [1.54, 1.807) is 16.7 Å². The third-order valence-electron chi connectivity index (χ3n) is 6.25. The average Bonchev–Trinajstić information content (AvgIpc) is 3.30. The lowest BCUT2D eigenvalue weighted by atomic mass is 9.90. The van der Waals surface area contributed by atoms with Gasteiger partial charge in [0.05, 0.1) is 6.21 Å². The van der Waals surface area contributed by atoms with E-state index >= 15 is 0 Å². The molecule has 0 bridgehead atoms. The predicted octanol–water partition coefficient (Wildman–Crippen LogP) is 4.54. The van der Waals surface area contributed by atoms with E-state index in [4.69, 9.17) is 4.74 Å². The third kappa shape index (κ3) is 7.06. The quantitative estimate of drug-likeness (QED) is 0.346. The lowest BCUT2D eigenvalue weighted by Crippen LogP contribution is -2.23. The second-order valence-electron chi connectivity index (χ2n) is 10.5. The first-order valence-electron chi connectivity index (χ1n) is 12.5. The Labute approximate surface area is 224 Å². The summed E-state index contributed by atoms with van der Waals surface area (Å²) in [7, 11) is -4.96. The fraction of sp³-hybridized carbons (Fsp3) is 0.385. The van der Waals surface area contributed by atoms with Crippen molar-refractivity contribution in [2.75, 3.05) is 11.9 Å². The van der Waals surface area contributed by atoms with Gasteiger partial charge in [0, 0.05) is 43.9 Å². The van der Waals surface area contributed by atoms with Gasteiger partial charge in [-0.05, 0) is 55.0 Å². The van der Waals surface area contributed by atoms with E-state index in [2.05, 4.69) is 45.1 Å². The second-order valence-corrected chi connectivity index (χ2v) is 17.5. The van der Waals surface area contributed by atoms with Crippen LogP contribution in [0.25, 0.3) is 11.1 Å². The lowest BCUT2D eigenvalue weighted by molar-refractivity contribution is 0.0808. The molecule has 1 amide bonds. The number of anilines is 1. The Hall–Kier alpha value is -3.53. The van der Waals surface area contributed by atoms with Crippen molar-refractivity contribution >= 4 is 47.2 Å². The molecule has 1 aliphatic heterocycles. The van der Waals surface area contributed by atoms with Crippen LogP contribution in [0.4, 0.5) is 5.69 Å². The summed E-state index contributed by atoms with van der Waals surface area (Å²) in [4.78, 5) is 17.6. The largest absolute Gasteiger partial charge is 0.361 e. The van der Waals surface area contributed by atoms with Gasteiger partial charge < -0.3 is 14.6 Å². The zero-order valence-electron chi connectivity index (χ0n) is 21.8. The number of carbonyl (C=O) groups excluding carboxylic acids is 1. The molecule has 1 aromatic carbocycles. The fourth-order valence-corrected chi connectivity index (χ4v) is 5.49. The van der Waals surface area contributed by atoms with Gasteiger partial charge >= 0.3 is 10.2 Å². The van der Waals surface area contributed by atoms with Crippen LogP contribution in [0.1, 0.15) is 53.1 Å². The number of rotatable bonds is 9. The van der Waals surface area contributed by atoms with E-state index in [-0.39, 0.29) is 18.2 Å². The maximum atomic E-state index is 13.4. The summed E-state index contributed by atoms with van der Waals surface area (Å²) < 4.78 is 36.4. The maximum Gasteiger partial charge on any atom is 0.341 e. The van der Waals surface area contributed by atoms with Crippen LogP contribution in [-0.4, -0.2) is 44.8 Å². The number of allylic oxidation sites excluding steroid dienone is 3. The first-order chi connectivity index (χ1) is 18.0. The normalized spacial score (nSPS) is 16.7. The highest BCUT2D eigenvalue weighted by molar-refractivity contribution is 7.88. The molecule has 0 atom stereocenters. The van der Waals surface area contributed by atoms with Crippen molar-refractivity contribution in [3.05, 3.63) is 59.3 Å². The minimum absolute atomic E-state index is 0.0960. The molecular weight excluding hydrogens is 520 g/mol. The van der Waals surface area contributed by atoms with Crippen molar-refractivity contribution in [3.63, 3.8) is 0 Å². The van der Waals surface area contributed by atoms with Crippen molar-refractivity contribution in [1.82, 2.24) is 14.3 Å². The van der Waals surface area contributed by atoms with Crippen LogP contribution in [-0.2, 0) is 21.7 Å². The molecular formula is C26H32N6O4SSi. The van der Waals surface area contributed by atoms with Crippen LogP contribution in [0, 0.1) is 11.3 Å². The monoisotopic (exact) mass is 552 g/mol. The van der Waals surface area contributed by atoms with Gasteiger partial charge in [0.2, 0.25) is 5.82 Å². The van der Waals surface area contributed by atoms with E-state index < -0.39 is 24.2 Å². The zero-order chi connectivity index (χ0) is 27.3. The number of aromatic nitrogens is 2. The molecule has 0 unspecified atom stereocenters. The summed E-state index contributed by atoms with van der Waals surface area (Å²) >= 11 is 0. The van der Waals surface area contributed by atoms with E-state index in [0.717, 1.165) is 48.4 Å². The average molecular weight is 553 g/mol. The Morgan fingerprint density at radius 2 is 2.11 bits per heavy atom. The van der Waals surface area contributed by atoms with E-state index in [9.17, 15) is 18.5 Å². The highest BCUT2D eigenvalue weighted by Crippen LogP contribution is 2.34. The number of nitrogens with one attached hydrogen (secondary N) is 2. The van der Waals surface area contributed by atoms with Crippen LogP contribution in [0.3, 0.4) is 0 Å². The summed E-state index contributed by atoms with van der Waals surface area (Å²) in [6, 6.07) is 8.50. The Kier molecular flexibility index (Phi) is 8.30. The maximum absolute atomic E-state index is 13.4. The van der Waals surface area contributed by atoms with E-state index in [0.29, 0.717) is 17.9 Å². The number of hydrogen-bond donors (Lipinski definition) is 2. The van der Waals surface area contributed by atoms with Crippen LogP contribution >= 0.6 is 0 Å². The molecule has 0 saturated heterocycles. The molecule has 2 N–H and O–H groups in total. The molecule has 1 aliphatic carbocycles. The predicted molar refractivity (Wildman–Crippen MR) is 150 cm³/mol. The lowest BCUT2D eigenvalue weighted by Gasteiger charge is -2.19. The van der Waals surface area contributed by atoms with Crippen molar-refractivity contribution in [2.45, 2.75) is 58.1 Å². The number of amides is 1. The standard InChI is InChI=1S/C26H32N6O4SSi/c1-38(2,3)12-11-36-18-32-17-22(14-27)30-25(32)26(33)31-24-10-9-20(21-15-28-37(34,35)29-16-21)13-23(24)19-7-5-4-6-8-19/h7,9-10,13,15-17,28H,4-6,8,11-12,18H2,1-3H3,(H,31,33). The Balaban J connectivity index is 1.60. The van der Waals surface area contributed by atoms with Gasteiger partial charge in [-0.25, -0.2) is 4.98 Å². The number of benzene rings is 1. The van der Waals surface area contributed by atoms with Gasteiger partial charge in [0.1, 0.15) is 12.8 Å². The molecule has 12 heteroatoms. The highest BCUT2D eigenvalue weighted by Gasteiger charge is 2.21. The molecule has 0 radical (unpaired) electrons. The molecule has 0 saturated carbocycles. The number of nitrogens with zero attached hydrogens (tertiary/aromatic N) is 4. The number of ether oxygens (including phenoxy) is 1. The van der Waals surface area contributed by atoms with E-state index in [1.807, 2.05) is 12.1 Å². The summed E-state index contributed by atoms with van der Waals surface area (Å²) in [6.45, 7) is 7.50. The van der Waals surface area contributed by atoms with E-state index in [1.165, 1.54) is 18.6 Å². The summed E-state index contributed by atoms with van der Waals surface area (Å²) in [5.74, 6) is -0.351. The number of carbonyl (C=O) groups is 1. The van der Waals surface area contributed by atoms with Crippen molar-refractivity contribution in [1.29, 1.82) is 5.26 Å². The SMILES string of the molecule is C[Si](C)(C)CCOCn1cc(C#N)nc1C(=O)Nc1ccc(C2=CNS(=O)(=O)N=C2)cc1C1=CCCCC1. The van der Waals surface area contributed by atoms with Crippen molar-refractivity contribution in [3.8, 4) is 6.07 Å². The van der Waals surface area contributed by atoms with Crippen molar-refractivity contribution < 1.29 is 17.9 Å². The van der Waals surface area contributed by atoms with Crippen LogP contribution < -0.4 is 10.0 Å². The van der Waals surface area contributed by atoms with Crippen LogP contribution in [0.5, 0.6) is 0 Å². The van der Waals surface area contributed by atoms with Gasteiger partial charge in [0.25, 0.3) is 5.91 Å². The molecule has 4 rings (SSSR count). The smallest absolute Gasteiger partial charge is 0.341 e. The first-order valence-corrected chi connectivity index (χ1v) is 17.7. The summed E-state index contributed by atoms with van der Waals surface area (Å²) in [6.07, 6.45) is 10.4. The number of nitriles is 1. The molecule has 10 nitrogen and oxygen atoms in total. The minimum Gasteiger partial charge on any atom is -0.361 e. The van der Waals surface area contributed by atoms with Gasteiger partial charge in [-0.1, -0.05) is 31.8 Å². The van der Waals surface area contributed by atoms with Gasteiger partial charge in [-0.3, -0.25) is 9.52 Å². The Morgan fingerprint density at radius 3 is 2.76 bits per heavy atom. The van der Waals surface area contributed by atoms with Crippen LogP contribution in [0.2, 0.25) is 25.7 Å². The van der Waals surface area contributed by atoms with Gasteiger partial charge in [0.15, 0.2) is 5.69 Å². The Bertz CT molecular complexity index is 1460. The molecule has 2 aromatic rings. The first kappa shape index (κ1) is 27.5. The van der Waals surface area contributed by atoms with Gasteiger partial charge in [-0.2, -0.15) is 18.1 Å². The minimum atomic E-state index is -3.70. The molecule has 0 fully saturated rings. The fourth-order valence-electron chi connectivity index (χ4n) is 4.14. The molecule has 0 spiro atoms. The van der Waals surface area contributed by atoms with Crippen LogP contribution in [0.15, 0.2) is 41.1 Å². The van der Waals surface area contributed by atoms with Gasteiger partial charge in [-0.15, -0.1) is 0 Å². The number of hydrogen-bond acceptors (Lipinski definition) is 6. The molecule has 200 valence electrons. The molecule has 2 heterocycles. The zero-order valence-corrected chi connectivity index (χ0v) is 23.6. The van der Waals surface area contributed by atoms with Crippen molar-refractivity contribution in [2.24, 2.45) is 4.40 Å². The topological polar surface area (TPSA) is 138 Å². The number of imidazole rings is 1. The molecule has 38 heavy (non-hydrogen) atoms. The highest BCUT2D eigenvalue weighted by atomic mass is 32.2. The third-order valence-corrected chi connectivity index (χ3v) is 8.76. The molecule has 1 aromatic heterocycles. The molecule has 2 aliphatic rings. The summed E-state index contributed by atoms with van der Waals surface area (Å²) in [5, 5.41) is 12.3. The summed E-state index contributed by atoms with van der Waals surface area (Å²) in [5.41, 5.74) is 4.08. The second kappa shape index (κ2) is 11.5.